The number of nitrogens with one attached hydrogen (secondary N) is 2. The van der Waals surface area contributed by atoms with E-state index in [1.165, 1.54) is 6.21 Å². The molecule has 0 saturated carbocycles. The number of benzene rings is 1. The summed E-state index contributed by atoms with van der Waals surface area (Å²) in [6, 6.07) is 3.78. The van der Waals surface area contributed by atoms with Crippen molar-refractivity contribution in [1.82, 2.24) is 19.5 Å². The van der Waals surface area contributed by atoms with Gasteiger partial charge in [-0.15, -0.1) is 0 Å². The van der Waals surface area contributed by atoms with E-state index in [4.69, 9.17) is 14.9 Å². The second-order valence-electron chi connectivity index (χ2n) is 6.81. The number of fused-ring (bicyclic) bond motifs is 3. The first-order valence-electron chi connectivity index (χ1n) is 9.40. The molecule has 1 aromatic carbocycles. The number of hydrogen-bond donors (Lipinski definition) is 2. The van der Waals surface area contributed by atoms with Crippen LogP contribution in [0.3, 0.4) is 0 Å². The maximum Gasteiger partial charge on any atom is 0.347 e. The Labute approximate surface area is 167 Å². The van der Waals surface area contributed by atoms with Crippen molar-refractivity contribution in [2.75, 3.05) is 45.5 Å². The first-order valence-corrected chi connectivity index (χ1v) is 9.40. The number of hydrogen-bond acceptors (Lipinski definition) is 7. The SMILES string of the molecule is CN/C=C(\C=N)c1cc2c(cc1OC)ncc1c2n(N2CCOCC2)c(=O)n1C. The Bertz CT molecular complexity index is 1170. The summed E-state index contributed by atoms with van der Waals surface area (Å²) in [6.45, 7) is 2.43. The van der Waals surface area contributed by atoms with Gasteiger partial charge in [-0.2, -0.15) is 0 Å². The van der Waals surface area contributed by atoms with E-state index in [1.807, 2.05) is 17.1 Å². The Morgan fingerprint density at radius 3 is 2.76 bits per heavy atom. The molecule has 0 aliphatic carbocycles. The highest BCUT2D eigenvalue weighted by atomic mass is 16.5. The van der Waals surface area contributed by atoms with Gasteiger partial charge in [0.15, 0.2) is 0 Å². The number of allylic oxidation sites excluding steroid dienone is 1. The number of nitrogens with zero attached hydrogens (tertiary/aromatic N) is 4. The van der Waals surface area contributed by atoms with E-state index < -0.39 is 0 Å². The third-order valence-electron chi connectivity index (χ3n) is 5.22. The van der Waals surface area contributed by atoms with Crippen LogP contribution in [0.2, 0.25) is 0 Å². The van der Waals surface area contributed by atoms with E-state index in [1.54, 1.807) is 42.8 Å². The minimum absolute atomic E-state index is 0.119. The zero-order chi connectivity index (χ0) is 20.5. The summed E-state index contributed by atoms with van der Waals surface area (Å²) in [5.41, 5.74) is 3.57. The van der Waals surface area contributed by atoms with Gasteiger partial charge >= 0.3 is 5.69 Å². The predicted molar refractivity (Wildman–Crippen MR) is 114 cm³/mol. The third-order valence-corrected chi connectivity index (χ3v) is 5.22. The van der Waals surface area contributed by atoms with Crippen molar-refractivity contribution in [3.63, 3.8) is 0 Å². The molecule has 2 aromatic heterocycles. The minimum atomic E-state index is -0.119. The van der Waals surface area contributed by atoms with E-state index in [-0.39, 0.29) is 5.69 Å². The fourth-order valence-corrected chi connectivity index (χ4v) is 3.77. The van der Waals surface area contributed by atoms with Gasteiger partial charge < -0.3 is 25.2 Å². The van der Waals surface area contributed by atoms with Gasteiger partial charge in [0, 0.05) is 49.1 Å². The molecule has 1 fully saturated rings. The molecule has 0 amide bonds. The monoisotopic (exact) mass is 396 g/mol. The van der Waals surface area contributed by atoms with Crippen molar-refractivity contribution in [3.8, 4) is 5.75 Å². The van der Waals surface area contributed by atoms with Crippen LogP contribution in [0, 0.1) is 5.41 Å². The van der Waals surface area contributed by atoms with E-state index in [2.05, 4.69) is 10.3 Å². The molecule has 0 spiro atoms. The molecule has 0 radical (unpaired) electrons. The van der Waals surface area contributed by atoms with E-state index >= 15 is 0 Å². The maximum atomic E-state index is 13.1. The van der Waals surface area contributed by atoms with Crippen molar-refractivity contribution in [3.05, 3.63) is 40.6 Å². The minimum Gasteiger partial charge on any atom is -0.496 e. The summed E-state index contributed by atoms with van der Waals surface area (Å²) in [5.74, 6) is 0.616. The van der Waals surface area contributed by atoms with Crippen LogP contribution in [0.5, 0.6) is 5.75 Å². The van der Waals surface area contributed by atoms with E-state index in [0.717, 1.165) is 27.5 Å². The number of rotatable bonds is 5. The molecule has 0 atom stereocenters. The summed E-state index contributed by atoms with van der Waals surface area (Å²) >= 11 is 0. The molecule has 4 rings (SSSR count). The zero-order valence-electron chi connectivity index (χ0n) is 16.7. The van der Waals surface area contributed by atoms with Crippen LogP contribution in [-0.2, 0) is 11.8 Å². The lowest BCUT2D eigenvalue weighted by Gasteiger charge is -2.29. The van der Waals surface area contributed by atoms with Gasteiger partial charge in [-0.3, -0.25) is 9.55 Å². The average Bonchev–Trinajstić information content (AvgIpc) is 3.02. The average molecular weight is 396 g/mol. The largest absolute Gasteiger partial charge is 0.496 e. The lowest BCUT2D eigenvalue weighted by molar-refractivity contribution is 0.111. The van der Waals surface area contributed by atoms with Crippen molar-refractivity contribution in [2.24, 2.45) is 7.05 Å². The van der Waals surface area contributed by atoms with Gasteiger partial charge in [0.2, 0.25) is 0 Å². The van der Waals surface area contributed by atoms with Crippen LogP contribution in [-0.4, -0.2) is 60.9 Å². The molecule has 0 bridgehead atoms. The van der Waals surface area contributed by atoms with Crippen LogP contribution in [0.25, 0.3) is 27.5 Å². The predicted octanol–water partition coefficient (Wildman–Crippen LogP) is 1.07. The van der Waals surface area contributed by atoms with Crippen LogP contribution >= 0.6 is 0 Å². The van der Waals surface area contributed by atoms with Gasteiger partial charge in [0.25, 0.3) is 0 Å². The highest BCUT2D eigenvalue weighted by Crippen LogP contribution is 2.33. The number of aryl methyl sites for hydroxylation is 1. The van der Waals surface area contributed by atoms with Crippen LogP contribution in [0.15, 0.2) is 29.3 Å². The number of methoxy groups -OCH3 is 1. The second-order valence-corrected chi connectivity index (χ2v) is 6.81. The van der Waals surface area contributed by atoms with Crippen LogP contribution in [0.4, 0.5) is 0 Å². The molecular weight excluding hydrogens is 372 g/mol. The van der Waals surface area contributed by atoms with E-state index in [9.17, 15) is 4.79 Å². The molecule has 1 aliphatic rings. The summed E-state index contributed by atoms with van der Waals surface area (Å²) in [6.07, 6.45) is 4.73. The molecular formula is C20H24N6O3. The first-order chi connectivity index (χ1) is 14.1. The Kier molecular flexibility index (Phi) is 4.98. The normalized spacial score (nSPS) is 15.1. The van der Waals surface area contributed by atoms with Crippen LogP contribution < -0.4 is 20.8 Å². The Morgan fingerprint density at radius 2 is 2.10 bits per heavy atom. The maximum absolute atomic E-state index is 13.1. The van der Waals surface area contributed by atoms with Crippen LogP contribution in [0.1, 0.15) is 5.56 Å². The van der Waals surface area contributed by atoms with Gasteiger partial charge in [0.1, 0.15) is 11.3 Å². The number of ether oxygens (including phenoxy) is 2. The Morgan fingerprint density at radius 1 is 1.34 bits per heavy atom. The van der Waals surface area contributed by atoms with E-state index in [0.29, 0.717) is 37.6 Å². The Hall–Kier alpha value is -3.33. The lowest BCUT2D eigenvalue weighted by Crippen LogP contribution is -2.48. The molecule has 3 heterocycles. The summed E-state index contributed by atoms with van der Waals surface area (Å²) in [4.78, 5) is 17.6. The summed E-state index contributed by atoms with van der Waals surface area (Å²) in [5, 5.41) is 13.6. The molecule has 9 nitrogen and oxygen atoms in total. The van der Waals surface area contributed by atoms with Crippen molar-refractivity contribution in [2.45, 2.75) is 0 Å². The van der Waals surface area contributed by atoms with Gasteiger partial charge in [0.05, 0.1) is 50.6 Å². The molecule has 2 N–H and O–H groups in total. The molecule has 9 heteroatoms. The second kappa shape index (κ2) is 7.59. The van der Waals surface area contributed by atoms with Gasteiger partial charge in [-0.05, 0) is 6.07 Å². The van der Waals surface area contributed by atoms with Crippen molar-refractivity contribution in [1.29, 1.82) is 5.41 Å². The lowest BCUT2D eigenvalue weighted by atomic mass is 10.0. The Balaban J connectivity index is 2.08. The highest BCUT2D eigenvalue weighted by Gasteiger charge is 2.22. The number of aromatic nitrogens is 3. The topological polar surface area (TPSA) is 97.4 Å². The molecule has 1 aliphatic heterocycles. The molecule has 152 valence electrons. The fraction of sp³-hybridized carbons (Fsp3) is 0.350. The molecule has 29 heavy (non-hydrogen) atoms. The molecule has 3 aromatic rings. The van der Waals surface area contributed by atoms with Gasteiger partial charge in [-0.25, -0.2) is 9.47 Å². The number of imidazole rings is 1. The first kappa shape index (κ1) is 19.0. The van der Waals surface area contributed by atoms with Crippen molar-refractivity contribution < 1.29 is 9.47 Å². The summed E-state index contributed by atoms with van der Waals surface area (Å²) in [7, 11) is 5.13. The quantitative estimate of drug-likeness (QED) is 0.627. The zero-order valence-corrected chi connectivity index (χ0v) is 16.7. The fourth-order valence-electron chi connectivity index (χ4n) is 3.77. The third kappa shape index (κ3) is 3.03. The highest BCUT2D eigenvalue weighted by molar-refractivity contribution is 6.12. The number of morpholine rings is 1. The summed E-state index contributed by atoms with van der Waals surface area (Å²) < 4.78 is 14.4. The standard InChI is InChI=1S/C20H24N6O3/c1-22-11-13(10-21)14-8-15-16(9-18(14)28-3)23-12-17-19(15)26(20(27)24(17)2)25-4-6-29-7-5-25/h8-12,21-22H,4-7H2,1-3H3/b13-11+,21-10?. The van der Waals surface area contributed by atoms with Crippen molar-refractivity contribution >= 4 is 33.7 Å². The molecule has 0 unspecified atom stereocenters. The van der Waals surface area contributed by atoms with Gasteiger partial charge in [-0.1, -0.05) is 0 Å². The molecule has 1 saturated heterocycles. The number of pyridine rings is 1. The smallest absolute Gasteiger partial charge is 0.347 e.